The number of halogens is 2. The van der Waals surface area contributed by atoms with Gasteiger partial charge in [-0.1, -0.05) is 15.9 Å². The molecule has 0 aliphatic rings. The van der Waals surface area contributed by atoms with Crippen LogP contribution in [-0.2, 0) is 0 Å². The molecule has 0 fully saturated rings. The Labute approximate surface area is 136 Å². The molecule has 0 heterocycles. The minimum atomic E-state index is -1.24. The minimum absolute atomic E-state index is 0.170. The molecule has 8 heteroatoms. The molecule has 0 amide bonds. The second kappa shape index (κ2) is 6.23. The molecule has 2 rings (SSSR count). The van der Waals surface area contributed by atoms with Crippen molar-refractivity contribution in [2.75, 3.05) is 5.32 Å². The van der Waals surface area contributed by atoms with Crippen molar-refractivity contribution in [3.63, 3.8) is 0 Å². The lowest BCUT2D eigenvalue weighted by atomic mass is 10.1. The third kappa shape index (κ3) is 3.59. The van der Waals surface area contributed by atoms with E-state index in [0.717, 1.165) is 15.0 Å². The van der Waals surface area contributed by atoms with Crippen LogP contribution in [-0.4, -0.2) is 16.0 Å². The summed E-state index contributed by atoms with van der Waals surface area (Å²) < 4.78 is 1.55. The van der Waals surface area contributed by atoms with E-state index < -0.39 is 10.9 Å². The van der Waals surface area contributed by atoms with Gasteiger partial charge in [0.2, 0.25) is 0 Å². The number of carboxylic acids is 1. The van der Waals surface area contributed by atoms with E-state index in [1.807, 2.05) is 6.07 Å². The van der Waals surface area contributed by atoms with Gasteiger partial charge in [0.05, 0.1) is 21.9 Å². The Bertz CT molecular complexity index is 734. The molecule has 2 aromatic rings. The summed E-state index contributed by atoms with van der Waals surface area (Å²) >= 11 is 6.67. The summed E-state index contributed by atoms with van der Waals surface area (Å²) in [5.41, 5.74) is 0.468. The normalized spacial score (nSPS) is 10.2. The van der Waals surface area contributed by atoms with Gasteiger partial charge in [-0.05, 0) is 40.2 Å². The van der Waals surface area contributed by atoms with Crippen LogP contribution in [0.3, 0.4) is 0 Å². The van der Waals surface area contributed by atoms with Crippen molar-refractivity contribution in [2.24, 2.45) is 0 Å². The molecule has 0 saturated heterocycles. The van der Waals surface area contributed by atoms with Crippen LogP contribution in [0.4, 0.5) is 17.1 Å². The van der Waals surface area contributed by atoms with Gasteiger partial charge in [-0.2, -0.15) is 0 Å². The molecule has 0 aliphatic heterocycles. The van der Waals surface area contributed by atoms with E-state index in [9.17, 15) is 20.0 Å². The predicted octanol–water partition coefficient (Wildman–Crippen LogP) is 4.56. The molecule has 0 atom stereocenters. The maximum atomic E-state index is 11.3. The number of benzene rings is 2. The highest BCUT2D eigenvalue weighted by atomic mass is 79.9. The molecule has 0 saturated carbocycles. The maximum Gasteiger partial charge on any atom is 0.338 e. The molecule has 0 spiro atoms. The fraction of sp³-hybridized carbons (Fsp3) is 0. The molecule has 6 nitrogen and oxygen atoms in total. The molecule has 0 radical (unpaired) electrons. The van der Waals surface area contributed by atoms with Crippen LogP contribution in [0.25, 0.3) is 0 Å². The SMILES string of the molecule is O=C(O)c1cc([N+](=O)[O-])ccc1Nc1cc(Br)ccc1Br. The van der Waals surface area contributed by atoms with E-state index in [-0.39, 0.29) is 16.9 Å². The molecule has 0 aliphatic carbocycles. The van der Waals surface area contributed by atoms with Gasteiger partial charge < -0.3 is 10.4 Å². The first-order chi connectivity index (χ1) is 9.88. The number of aromatic carboxylic acids is 1. The van der Waals surface area contributed by atoms with Crippen molar-refractivity contribution in [3.05, 3.63) is 61.0 Å². The topological polar surface area (TPSA) is 92.5 Å². The Morgan fingerprint density at radius 3 is 2.48 bits per heavy atom. The second-order valence-electron chi connectivity index (χ2n) is 4.04. The molecular formula is C13H8Br2N2O4. The van der Waals surface area contributed by atoms with Crippen LogP contribution in [0.1, 0.15) is 10.4 Å². The van der Waals surface area contributed by atoms with Gasteiger partial charge in [-0.25, -0.2) is 4.79 Å². The summed E-state index contributed by atoms with van der Waals surface area (Å²) in [5.74, 6) is -1.24. The lowest BCUT2D eigenvalue weighted by Gasteiger charge is -2.11. The van der Waals surface area contributed by atoms with Crippen molar-refractivity contribution < 1.29 is 14.8 Å². The zero-order valence-electron chi connectivity index (χ0n) is 10.3. The standard InChI is InChI=1S/C13H8Br2N2O4/c14-7-1-3-10(15)12(5-7)16-11-4-2-8(17(20)21)6-9(11)13(18)19/h1-6,16H,(H,18,19). The molecule has 0 bridgehead atoms. The summed E-state index contributed by atoms with van der Waals surface area (Å²) in [4.78, 5) is 21.3. The lowest BCUT2D eigenvalue weighted by molar-refractivity contribution is -0.384. The highest BCUT2D eigenvalue weighted by Crippen LogP contribution is 2.31. The van der Waals surface area contributed by atoms with E-state index in [1.165, 1.54) is 12.1 Å². The molecule has 2 aromatic carbocycles. The van der Waals surface area contributed by atoms with Crippen LogP contribution < -0.4 is 5.32 Å². The number of nitrogens with zero attached hydrogens (tertiary/aromatic N) is 1. The average Bonchev–Trinajstić information content (AvgIpc) is 2.42. The zero-order chi connectivity index (χ0) is 15.6. The summed E-state index contributed by atoms with van der Waals surface area (Å²) in [6.45, 7) is 0. The molecule has 21 heavy (non-hydrogen) atoms. The van der Waals surface area contributed by atoms with Crippen molar-refractivity contribution in [1.29, 1.82) is 0 Å². The summed E-state index contributed by atoms with van der Waals surface area (Å²) in [7, 11) is 0. The third-order valence-electron chi connectivity index (χ3n) is 2.64. The predicted molar refractivity (Wildman–Crippen MR) is 85.2 cm³/mol. The Hall–Kier alpha value is -1.93. The van der Waals surface area contributed by atoms with Crippen LogP contribution in [0, 0.1) is 10.1 Å². The first-order valence-corrected chi connectivity index (χ1v) is 7.21. The molecular weight excluding hydrogens is 408 g/mol. The number of rotatable bonds is 4. The molecule has 0 aromatic heterocycles. The van der Waals surface area contributed by atoms with E-state index in [0.29, 0.717) is 5.69 Å². The van der Waals surface area contributed by atoms with Crippen molar-refractivity contribution in [2.45, 2.75) is 0 Å². The highest BCUT2D eigenvalue weighted by molar-refractivity contribution is 9.11. The van der Waals surface area contributed by atoms with Gasteiger partial charge in [0.25, 0.3) is 5.69 Å². The smallest absolute Gasteiger partial charge is 0.338 e. The quantitative estimate of drug-likeness (QED) is 0.563. The third-order valence-corrected chi connectivity index (χ3v) is 3.83. The Balaban J connectivity index is 2.46. The minimum Gasteiger partial charge on any atom is -0.478 e. The second-order valence-corrected chi connectivity index (χ2v) is 5.81. The summed E-state index contributed by atoms with van der Waals surface area (Å²) in [5, 5.41) is 22.9. The van der Waals surface area contributed by atoms with E-state index in [2.05, 4.69) is 37.2 Å². The summed E-state index contributed by atoms with van der Waals surface area (Å²) in [6, 6.07) is 9.02. The van der Waals surface area contributed by atoms with Crippen molar-refractivity contribution >= 4 is 54.9 Å². The van der Waals surface area contributed by atoms with Gasteiger partial charge >= 0.3 is 5.97 Å². The Morgan fingerprint density at radius 1 is 1.14 bits per heavy atom. The van der Waals surface area contributed by atoms with Crippen LogP contribution in [0.5, 0.6) is 0 Å². The maximum absolute atomic E-state index is 11.3. The van der Waals surface area contributed by atoms with Crippen molar-refractivity contribution in [1.82, 2.24) is 0 Å². The van der Waals surface area contributed by atoms with Crippen LogP contribution in [0.2, 0.25) is 0 Å². The monoisotopic (exact) mass is 414 g/mol. The largest absolute Gasteiger partial charge is 0.478 e. The van der Waals surface area contributed by atoms with Crippen molar-refractivity contribution in [3.8, 4) is 0 Å². The number of nitro groups is 1. The molecule has 108 valence electrons. The first-order valence-electron chi connectivity index (χ1n) is 5.62. The zero-order valence-corrected chi connectivity index (χ0v) is 13.5. The Morgan fingerprint density at radius 2 is 1.86 bits per heavy atom. The molecule has 0 unspecified atom stereocenters. The Kier molecular flexibility index (Phi) is 4.59. The number of anilines is 2. The van der Waals surface area contributed by atoms with Crippen LogP contribution in [0.15, 0.2) is 45.3 Å². The van der Waals surface area contributed by atoms with Gasteiger partial charge in [-0.15, -0.1) is 0 Å². The number of nitrogens with one attached hydrogen (secondary N) is 1. The lowest BCUT2D eigenvalue weighted by Crippen LogP contribution is -2.04. The number of carboxylic acid groups (broad SMARTS) is 1. The molecule has 2 N–H and O–H groups in total. The number of hydrogen-bond acceptors (Lipinski definition) is 4. The number of hydrogen-bond donors (Lipinski definition) is 2. The van der Waals surface area contributed by atoms with Gasteiger partial charge in [-0.3, -0.25) is 10.1 Å². The van der Waals surface area contributed by atoms with Crippen LogP contribution >= 0.6 is 31.9 Å². The fourth-order valence-corrected chi connectivity index (χ4v) is 2.38. The van der Waals surface area contributed by atoms with E-state index >= 15 is 0 Å². The number of carbonyl (C=O) groups is 1. The highest BCUT2D eigenvalue weighted by Gasteiger charge is 2.16. The van der Waals surface area contributed by atoms with Gasteiger partial charge in [0.1, 0.15) is 0 Å². The number of nitro benzene ring substituents is 1. The van der Waals surface area contributed by atoms with E-state index in [4.69, 9.17) is 0 Å². The average molecular weight is 416 g/mol. The summed E-state index contributed by atoms with van der Waals surface area (Å²) in [6.07, 6.45) is 0. The number of non-ortho nitro benzene ring substituents is 1. The fourth-order valence-electron chi connectivity index (χ4n) is 1.67. The van der Waals surface area contributed by atoms with E-state index in [1.54, 1.807) is 12.1 Å². The van der Waals surface area contributed by atoms with Gasteiger partial charge in [0, 0.05) is 21.1 Å². The van der Waals surface area contributed by atoms with Gasteiger partial charge in [0.15, 0.2) is 0 Å². The first kappa shape index (κ1) is 15.5.